The minimum atomic E-state index is -3.91. The monoisotopic (exact) mass is 362 g/mol. The lowest BCUT2D eigenvalue weighted by Gasteiger charge is -2.23. The van der Waals surface area contributed by atoms with Gasteiger partial charge in [-0.3, -0.25) is 4.79 Å². The molecule has 6 nitrogen and oxygen atoms in total. The number of amides is 1. The van der Waals surface area contributed by atoms with Gasteiger partial charge in [0.15, 0.2) is 0 Å². The van der Waals surface area contributed by atoms with E-state index in [1.807, 2.05) is 25.1 Å². The molecule has 2 N–H and O–H groups in total. The molecule has 2 aromatic rings. The molecule has 1 unspecified atom stereocenters. The number of fused-ring (bicyclic) bond motifs is 1. The Balaban J connectivity index is 2.39. The number of aldehydes is 1. The SMILES string of the molecule is CCC(C)[C@H](NS(=O)(=O)c1cccc2ccccc12)C(=O)NCC=O. The second-order valence-corrected chi connectivity index (χ2v) is 7.56. The zero-order chi connectivity index (χ0) is 18.4. The fourth-order valence-corrected chi connectivity index (χ4v) is 4.11. The van der Waals surface area contributed by atoms with Gasteiger partial charge in [0.1, 0.15) is 12.3 Å². The highest BCUT2D eigenvalue weighted by Gasteiger charge is 2.30. The zero-order valence-electron chi connectivity index (χ0n) is 14.2. The standard InChI is InChI=1S/C18H22N2O4S/c1-3-13(2)17(18(22)19-11-12-21)20-25(23,24)16-10-6-8-14-7-4-5-9-15(14)16/h4-10,12-13,17,20H,3,11H2,1-2H3,(H,19,22)/t13?,17-/m0/s1. The Labute approximate surface area is 147 Å². The van der Waals surface area contributed by atoms with Gasteiger partial charge in [0.2, 0.25) is 15.9 Å². The van der Waals surface area contributed by atoms with Crippen LogP contribution in [0.1, 0.15) is 20.3 Å². The van der Waals surface area contributed by atoms with Gasteiger partial charge in [-0.1, -0.05) is 56.7 Å². The second-order valence-electron chi connectivity index (χ2n) is 5.87. The predicted octanol–water partition coefficient (Wildman–Crippen LogP) is 1.85. The molecular weight excluding hydrogens is 340 g/mol. The van der Waals surface area contributed by atoms with Crippen molar-refractivity contribution in [2.24, 2.45) is 5.92 Å². The van der Waals surface area contributed by atoms with Crippen LogP contribution < -0.4 is 10.0 Å². The number of sulfonamides is 1. The average molecular weight is 362 g/mol. The summed E-state index contributed by atoms with van der Waals surface area (Å²) in [4.78, 5) is 22.9. The molecule has 0 spiro atoms. The van der Waals surface area contributed by atoms with Crippen LogP contribution in [0.2, 0.25) is 0 Å². The average Bonchev–Trinajstić information content (AvgIpc) is 2.63. The number of hydrogen-bond acceptors (Lipinski definition) is 4. The van der Waals surface area contributed by atoms with E-state index in [4.69, 9.17) is 0 Å². The van der Waals surface area contributed by atoms with E-state index >= 15 is 0 Å². The smallest absolute Gasteiger partial charge is 0.241 e. The van der Waals surface area contributed by atoms with Crippen LogP contribution in [0.5, 0.6) is 0 Å². The molecule has 2 atom stereocenters. The highest BCUT2D eigenvalue weighted by atomic mass is 32.2. The van der Waals surface area contributed by atoms with Crippen molar-refractivity contribution in [2.75, 3.05) is 6.54 Å². The third-order valence-electron chi connectivity index (χ3n) is 4.18. The van der Waals surface area contributed by atoms with E-state index in [0.29, 0.717) is 18.1 Å². The van der Waals surface area contributed by atoms with Crippen molar-refractivity contribution < 1.29 is 18.0 Å². The molecule has 1 amide bonds. The maximum Gasteiger partial charge on any atom is 0.241 e. The lowest BCUT2D eigenvalue weighted by atomic mass is 9.99. The van der Waals surface area contributed by atoms with Gasteiger partial charge in [0, 0.05) is 5.39 Å². The van der Waals surface area contributed by atoms with Crippen molar-refractivity contribution in [1.29, 1.82) is 0 Å². The maximum absolute atomic E-state index is 12.9. The fraction of sp³-hybridized carbons (Fsp3) is 0.333. The lowest BCUT2D eigenvalue weighted by molar-refractivity contribution is -0.125. The van der Waals surface area contributed by atoms with Gasteiger partial charge < -0.3 is 10.1 Å². The van der Waals surface area contributed by atoms with E-state index in [9.17, 15) is 18.0 Å². The van der Waals surface area contributed by atoms with Crippen LogP contribution in [0.3, 0.4) is 0 Å². The number of carbonyl (C=O) groups is 2. The first-order valence-corrected chi connectivity index (χ1v) is 9.60. The molecule has 0 bridgehead atoms. The van der Waals surface area contributed by atoms with Crippen LogP contribution in [-0.2, 0) is 19.6 Å². The van der Waals surface area contributed by atoms with Crippen LogP contribution in [-0.4, -0.2) is 33.2 Å². The number of benzene rings is 2. The topological polar surface area (TPSA) is 92.3 Å². The summed E-state index contributed by atoms with van der Waals surface area (Å²) < 4.78 is 28.3. The van der Waals surface area contributed by atoms with Crippen LogP contribution in [0, 0.1) is 5.92 Å². The zero-order valence-corrected chi connectivity index (χ0v) is 15.0. The Bertz CT molecular complexity index is 859. The molecule has 134 valence electrons. The summed E-state index contributed by atoms with van der Waals surface area (Å²) in [6, 6.07) is 11.2. The molecule has 25 heavy (non-hydrogen) atoms. The Hall–Kier alpha value is -2.25. The molecule has 0 aliphatic carbocycles. The minimum absolute atomic E-state index is 0.127. The van der Waals surface area contributed by atoms with Crippen molar-refractivity contribution >= 4 is 33.0 Å². The summed E-state index contributed by atoms with van der Waals surface area (Å²) in [5, 5.41) is 3.82. The number of hydrogen-bond donors (Lipinski definition) is 2. The van der Waals surface area contributed by atoms with Gasteiger partial charge in [-0.2, -0.15) is 4.72 Å². The summed E-state index contributed by atoms with van der Waals surface area (Å²) in [5.74, 6) is -0.735. The minimum Gasteiger partial charge on any atom is -0.348 e. The van der Waals surface area contributed by atoms with Crippen LogP contribution >= 0.6 is 0 Å². The molecule has 7 heteroatoms. The normalized spacial score (nSPS) is 14.0. The molecular formula is C18H22N2O4S. The van der Waals surface area contributed by atoms with Gasteiger partial charge in [0.25, 0.3) is 0 Å². The molecule has 0 heterocycles. The van der Waals surface area contributed by atoms with Gasteiger partial charge in [-0.25, -0.2) is 8.42 Å². The first kappa shape index (κ1) is 19.1. The molecule has 0 radical (unpaired) electrons. The van der Waals surface area contributed by atoms with E-state index in [1.165, 1.54) is 6.07 Å². The lowest BCUT2D eigenvalue weighted by Crippen LogP contribution is -2.50. The summed E-state index contributed by atoms with van der Waals surface area (Å²) in [5.41, 5.74) is 0. The Morgan fingerprint density at radius 2 is 1.84 bits per heavy atom. The first-order valence-electron chi connectivity index (χ1n) is 8.12. The van der Waals surface area contributed by atoms with Crippen molar-refractivity contribution in [2.45, 2.75) is 31.2 Å². The highest BCUT2D eigenvalue weighted by Crippen LogP contribution is 2.23. The van der Waals surface area contributed by atoms with Gasteiger partial charge in [-0.05, 0) is 17.4 Å². The van der Waals surface area contributed by atoms with E-state index in [0.717, 1.165) is 5.39 Å². The summed E-state index contributed by atoms with van der Waals surface area (Å²) in [7, 11) is -3.91. The van der Waals surface area contributed by atoms with E-state index < -0.39 is 22.0 Å². The predicted molar refractivity (Wildman–Crippen MR) is 96.6 cm³/mol. The molecule has 2 rings (SSSR count). The third-order valence-corrected chi connectivity index (χ3v) is 5.68. The summed E-state index contributed by atoms with van der Waals surface area (Å²) >= 11 is 0. The third kappa shape index (κ3) is 4.43. The maximum atomic E-state index is 12.9. The Morgan fingerprint density at radius 3 is 2.52 bits per heavy atom. The van der Waals surface area contributed by atoms with Crippen molar-refractivity contribution in [1.82, 2.24) is 10.0 Å². The molecule has 0 aliphatic heterocycles. The molecule has 0 aromatic heterocycles. The summed E-state index contributed by atoms with van der Waals surface area (Å²) in [6.45, 7) is 3.51. The molecule has 0 aliphatic rings. The fourth-order valence-electron chi connectivity index (χ4n) is 2.58. The number of carbonyl (C=O) groups excluding carboxylic acids is 2. The van der Waals surface area contributed by atoms with E-state index in [-0.39, 0.29) is 17.4 Å². The number of rotatable bonds is 8. The molecule has 2 aromatic carbocycles. The van der Waals surface area contributed by atoms with Gasteiger partial charge >= 0.3 is 0 Å². The second kappa shape index (κ2) is 8.22. The van der Waals surface area contributed by atoms with E-state index in [1.54, 1.807) is 25.1 Å². The van der Waals surface area contributed by atoms with Crippen molar-refractivity contribution in [3.8, 4) is 0 Å². The van der Waals surface area contributed by atoms with Crippen molar-refractivity contribution in [3.63, 3.8) is 0 Å². The van der Waals surface area contributed by atoms with Crippen LogP contribution in [0.4, 0.5) is 0 Å². The van der Waals surface area contributed by atoms with E-state index in [2.05, 4.69) is 10.0 Å². The van der Waals surface area contributed by atoms with Gasteiger partial charge in [-0.15, -0.1) is 0 Å². The van der Waals surface area contributed by atoms with Crippen LogP contribution in [0.15, 0.2) is 47.4 Å². The van der Waals surface area contributed by atoms with Gasteiger partial charge in [0.05, 0.1) is 11.4 Å². The van der Waals surface area contributed by atoms with Crippen molar-refractivity contribution in [3.05, 3.63) is 42.5 Å². The molecule has 0 saturated carbocycles. The first-order chi connectivity index (χ1) is 11.9. The Kier molecular flexibility index (Phi) is 6.27. The largest absolute Gasteiger partial charge is 0.348 e. The highest BCUT2D eigenvalue weighted by molar-refractivity contribution is 7.89. The quantitative estimate of drug-likeness (QED) is 0.701. The molecule has 0 saturated heterocycles. The number of nitrogens with one attached hydrogen (secondary N) is 2. The Morgan fingerprint density at radius 1 is 1.16 bits per heavy atom. The van der Waals surface area contributed by atoms with Crippen LogP contribution in [0.25, 0.3) is 10.8 Å². The summed E-state index contributed by atoms with van der Waals surface area (Å²) in [6.07, 6.45) is 1.17. The molecule has 0 fully saturated rings.